The third-order valence-electron chi connectivity index (χ3n) is 3.98. The lowest BCUT2D eigenvalue weighted by Crippen LogP contribution is -2.46. The van der Waals surface area contributed by atoms with Crippen LogP contribution >= 0.6 is 0 Å². The molecule has 1 fully saturated rings. The number of rotatable bonds is 8. The van der Waals surface area contributed by atoms with Crippen LogP contribution in [0.15, 0.2) is 42.1 Å². The van der Waals surface area contributed by atoms with Crippen molar-refractivity contribution in [3.8, 4) is 0 Å². The number of anilines is 1. The molecule has 1 heterocycles. The van der Waals surface area contributed by atoms with Crippen molar-refractivity contribution in [1.29, 1.82) is 0 Å². The fourth-order valence-electron chi connectivity index (χ4n) is 2.68. The number of hydrogen-bond acceptors (Lipinski definition) is 5. The summed E-state index contributed by atoms with van der Waals surface area (Å²) in [6, 6.07) is 8.34. The summed E-state index contributed by atoms with van der Waals surface area (Å²) in [7, 11) is 0. The molecule has 1 aliphatic heterocycles. The summed E-state index contributed by atoms with van der Waals surface area (Å²) >= 11 is 0. The summed E-state index contributed by atoms with van der Waals surface area (Å²) in [4.78, 5) is 2.43. The molecular weight excluding hydrogens is 288 g/mol. The average Bonchev–Trinajstić information content (AvgIpc) is 2.60. The van der Waals surface area contributed by atoms with Crippen molar-refractivity contribution in [1.82, 2.24) is 10.2 Å². The molecule has 1 atom stereocenters. The van der Waals surface area contributed by atoms with E-state index >= 15 is 0 Å². The van der Waals surface area contributed by atoms with Crippen LogP contribution in [0, 0.1) is 0 Å². The third-order valence-corrected chi connectivity index (χ3v) is 3.98. The molecule has 0 saturated carbocycles. The Morgan fingerprint density at radius 1 is 1.43 bits per heavy atom. The number of hydrazone groups is 1. The molecule has 1 N–H and O–H groups in total. The molecule has 0 aromatic heterocycles. The molecule has 1 saturated heterocycles. The molecule has 5 nitrogen and oxygen atoms in total. The standard InChI is InChI=1S/C18H28N4O/c1-4-20-22(6-3)17-9-7-16(8-10-17)13-19-14-18-15-21(5-2)11-12-23-18/h4,6-10,18-19H,3,5,11-15H2,1-2H3/b20-4-. The van der Waals surface area contributed by atoms with E-state index in [2.05, 4.69) is 53.1 Å². The molecule has 0 radical (unpaired) electrons. The van der Waals surface area contributed by atoms with Crippen molar-refractivity contribution in [3.63, 3.8) is 0 Å². The van der Waals surface area contributed by atoms with Crippen LogP contribution in [0.1, 0.15) is 19.4 Å². The number of morpholine rings is 1. The first kappa shape index (κ1) is 17.7. The van der Waals surface area contributed by atoms with Gasteiger partial charge in [-0.2, -0.15) is 5.10 Å². The summed E-state index contributed by atoms with van der Waals surface area (Å²) in [5.74, 6) is 0. The van der Waals surface area contributed by atoms with Crippen molar-refractivity contribution in [2.75, 3.05) is 37.8 Å². The van der Waals surface area contributed by atoms with Crippen molar-refractivity contribution >= 4 is 11.9 Å². The Morgan fingerprint density at radius 3 is 2.87 bits per heavy atom. The van der Waals surface area contributed by atoms with Crippen LogP contribution in [0.5, 0.6) is 0 Å². The predicted octanol–water partition coefficient (Wildman–Crippen LogP) is 2.45. The number of nitrogens with one attached hydrogen (secondary N) is 1. The van der Waals surface area contributed by atoms with E-state index in [1.807, 2.05) is 6.92 Å². The second kappa shape index (κ2) is 9.45. The van der Waals surface area contributed by atoms with Crippen molar-refractivity contribution in [2.45, 2.75) is 26.5 Å². The Kier molecular flexibility index (Phi) is 7.26. The van der Waals surface area contributed by atoms with Gasteiger partial charge in [-0.15, -0.1) is 0 Å². The second-order valence-corrected chi connectivity index (χ2v) is 5.58. The molecule has 0 spiro atoms. The van der Waals surface area contributed by atoms with E-state index in [1.165, 1.54) is 5.56 Å². The van der Waals surface area contributed by atoms with Crippen LogP contribution in [0.25, 0.3) is 0 Å². The summed E-state index contributed by atoms with van der Waals surface area (Å²) in [5.41, 5.74) is 2.26. The van der Waals surface area contributed by atoms with Crippen LogP contribution < -0.4 is 10.3 Å². The average molecular weight is 316 g/mol. The monoisotopic (exact) mass is 316 g/mol. The normalized spacial score (nSPS) is 19.1. The van der Waals surface area contributed by atoms with Gasteiger partial charge < -0.3 is 10.1 Å². The van der Waals surface area contributed by atoms with Gasteiger partial charge in [0.1, 0.15) is 0 Å². The first-order valence-corrected chi connectivity index (χ1v) is 8.30. The largest absolute Gasteiger partial charge is 0.374 e. The van der Waals surface area contributed by atoms with Gasteiger partial charge in [0.2, 0.25) is 0 Å². The minimum Gasteiger partial charge on any atom is -0.374 e. The fraction of sp³-hybridized carbons (Fsp3) is 0.500. The van der Waals surface area contributed by atoms with Gasteiger partial charge in [0.05, 0.1) is 18.4 Å². The third kappa shape index (κ3) is 5.46. The molecule has 0 aliphatic carbocycles. The summed E-state index contributed by atoms with van der Waals surface area (Å²) in [5, 5.41) is 9.48. The highest BCUT2D eigenvalue weighted by atomic mass is 16.5. The number of nitrogens with zero attached hydrogens (tertiary/aromatic N) is 3. The Labute approximate surface area is 139 Å². The van der Waals surface area contributed by atoms with E-state index in [4.69, 9.17) is 4.74 Å². The van der Waals surface area contributed by atoms with Crippen molar-refractivity contribution < 1.29 is 4.74 Å². The number of hydrogen-bond donors (Lipinski definition) is 1. The van der Waals surface area contributed by atoms with Gasteiger partial charge in [-0.1, -0.05) is 25.6 Å². The topological polar surface area (TPSA) is 40.1 Å². The minimum absolute atomic E-state index is 0.290. The molecular formula is C18H28N4O. The van der Waals surface area contributed by atoms with Gasteiger partial charge in [-0.05, 0) is 31.2 Å². The molecule has 2 rings (SSSR count). The molecule has 1 aliphatic rings. The lowest BCUT2D eigenvalue weighted by Gasteiger charge is -2.32. The summed E-state index contributed by atoms with van der Waals surface area (Å²) < 4.78 is 5.80. The Bertz CT molecular complexity index is 500. The second-order valence-electron chi connectivity index (χ2n) is 5.58. The van der Waals surface area contributed by atoms with E-state index in [-0.39, 0.29) is 6.10 Å². The Hall–Kier alpha value is -1.69. The zero-order valence-corrected chi connectivity index (χ0v) is 14.2. The predicted molar refractivity (Wildman–Crippen MR) is 96.8 cm³/mol. The van der Waals surface area contributed by atoms with Gasteiger partial charge in [0, 0.05) is 38.6 Å². The summed E-state index contributed by atoms with van der Waals surface area (Å²) in [6.07, 6.45) is 3.74. The van der Waals surface area contributed by atoms with Crippen LogP contribution in [0.4, 0.5) is 5.69 Å². The maximum atomic E-state index is 5.80. The summed E-state index contributed by atoms with van der Waals surface area (Å²) in [6.45, 7) is 13.6. The molecule has 0 bridgehead atoms. The number of benzene rings is 1. The first-order chi connectivity index (χ1) is 11.3. The highest BCUT2D eigenvalue weighted by Gasteiger charge is 2.18. The van der Waals surface area contributed by atoms with Gasteiger partial charge in [0.15, 0.2) is 0 Å². The lowest BCUT2D eigenvalue weighted by molar-refractivity contribution is -0.0253. The zero-order valence-electron chi connectivity index (χ0n) is 14.2. The first-order valence-electron chi connectivity index (χ1n) is 8.30. The van der Waals surface area contributed by atoms with E-state index in [9.17, 15) is 0 Å². The number of ether oxygens (including phenoxy) is 1. The molecule has 1 aromatic carbocycles. The molecule has 1 unspecified atom stereocenters. The van der Waals surface area contributed by atoms with Gasteiger partial charge in [-0.3, -0.25) is 4.90 Å². The van der Waals surface area contributed by atoms with E-state index in [1.54, 1.807) is 17.4 Å². The van der Waals surface area contributed by atoms with Crippen LogP contribution in [0.3, 0.4) is 0 Å². The van der Waals surface area contributed by atoms with E-state index in [0.717, 1.165) is 45.0 Å². The van der Waals surface area contributed by atoms with Gasteiger partial charge in [-0.25, -0.2) is 5.01 Å². The molecule has 1 aromatic rings. The smallest absolute Gasteiger partial charge is 0.0826 e. The molecule has 0 amide bonds. The van der Waals surface area contributed by atoms with E-state index in [0.29, 0.717) is 0 Å². The number of likely N-dealkylation sites (N-methyl/N-ethyl adjacent to an activating group) is 1. The maximum absolute atomic E-state index is 5.80. The Balaban J connectivity index is 1.79. The van der Waals surface area contributed by atoms with Crippen molar-refractivity contribution in [3.05, 3.63) is 42.6 Å². The highest BCUT2D eigenvalue weighted by Crippen LogP contribution is 2.16. The minimum atomic E-state index is 0.290. The van der Waals surface area contributed by atoms with E-state index < -0.39 is 0 Å². The van der Waals surface area contributed by atoms with Crippen LogP contribution in [-0.2, 0) is 11.3 Å². The van der Waals surface area contributed by atoms with Crippen molar-refractivity contribution in [2.24, 2.45) is 5.10 Å². The Morgan fingerprint density at radius 2 is 2.22 bits per heavy atom. The highest BCUT2D eigenvalue weighted by molar-refractivity contribution is 5.58. The molecule has 5 heteroatoms. The fourth-order valence-corrected chi connectivity index (χ4v) is 2.68. The SMILES string of the molecule is C=CN(/N=C\C)c1ccc(CNCC2CN(CC)CCO2)cc1. The van der Waals surface area contributed by atoms with Gasteiger partial charge >= 0.3 is 0 Å². The molecule has 126 valence electrons. The van der Waals surface area contributed by atoms with Crippen LogP contribution in [-0.4, -0.2) is 50.0 Å². The zero-order chi connectivity index (χ0) is 16.5. The lowest BCUT2D eigenvalue weighted by atomic mass is 10.2. The molecule has 23 heavy (non-hydrogen) atoms. The van der Waals surface area contributed by atoms with Crippen LogP contribution in [0.2, 0.25) is 0 Å². The quantitative estimate of drug-likeness (QED) is 0.591. The maximum Gasteiger partial charge on any atom is 0.0826 e. The van der Waals surface area contributed by atoms with Gasteiger partial charge in [0.25, 0.3) is 0 Å².